The average molecular weight is 708 g/mol. The summed E-state index contributed by atoms with van der Waals surface area (Å²) in [5, 5.41) is 15.6. The van der Waals surface area contributed by atoms with Crippen molar-refractivity contribution in [2.24, 2.45) is 11.8 Å². The predicted octanol–water partition coefficient (Wildman–Crippen LogP) is 9.05. The molecule has 5 aromatic rings. The second kappa shape index (κ2) is 17.7. The molecule has 274 valence electrons. The molecule has 0 saturated carbocycles. The molecule has 0 atom stereocenters. The summed E-state index contributed by atoms with van der Waals surface area (Å²) in [5.41, 5.74) is 5.74. The Morgan fingerprint density at radius 2 is 1.40 bits per heavy atom. The maximum atomic E-state index is 14.0. The first kappa shape index (κ1) is 36.4. The van der Waals surface area contributed by atoms with E-state index in [2.05, 4.69) is 52.7 Å². The number of hydrogen-bond acceptors (Lipinski definition) is 4. The van der Waals surface area contributed by atoms with E-state index in [1.807, 2.05) is 65.6 Å². The van der Waals surface area contributed by atoms with Gasteiger partial charge in [0.2, 0.25) is 5.91 Å². The number of carbonyl (C=O) groups excluding carboxylic acids is 2. The normalized spacial score (nSPS) is 15.4. The fourth-order valence-corrected chi connectivity index (χ4v) is 8.29. The molecule has 2 aliphatic heterocycles. The molecule has 6 heteroatoms. The Hall–Kier alpha value is -4.94. The molecule has 2 fully saturated rings. The van der Waals surface area contributed by atoms with Crippen LogP contribution in [0, 0.1) is 11.8 Å². The molecule has 2 amide bonds. The molecule has 0 bridgehead atoms. The van der Waals surface area contributed by atoms with Crippen molar-refractivity contribution in [1.29, 1.82) is 0 Å². The third-order valence-corrected chi connectivity index (χ3v) is 11.5. The van der Waals surface area contributed by atoms with Crippen molar-refractivity contribution in [3.8, 4) is 16.9 Å². The molecule has 7 rings (SSSR count). The lowest BCUT2D eigenvalue weighted by atomic mass is 9.87. The highest BCUT2D eigenvalue weighted by atomic mass is 16.3. The Kier molecular flexibility index (Phi) is 12.2. The number of fused-ring (bicyclic) bond motifs is 1. The lowest BCUT2D eigenvalue weighted by Gasteiger charge is -2.33. The van der Waals surface area contributed by atoms with Gasteiger partial charge in [-0.05, 0) is 120 Å². The van der Waals surface area contributed by atoms with Gasteiger partial charge in [-0.2, -0.15) is 0 Å². The minimum Gasteiger partial charge on any atom is -0.508 e. The van der Waals surface area contributed by atoms with Gasteiger partial charge in [0.05, 0.1) is 6.42 Å². The summed E-state index contributed by atoms with van der Waals surface area (Å²) in [6.45, 7) is 4.99. The highest BCUT2D eigenvalue weighted by molar-refractivity contribution is 6.01. The van der Waals surface area contributed by atoms with Crippen LogP contribution in [-0.2, 0) is 24.2 Å². The number of piperidine rings is 2. The number of phenolic OH excluding ortho intramolecular Hbond substituents is 1. The number of nitrogens with one attached hydrogen (secondary N) is 1. The molecule has 0 aromatic heterocycles. The Morgan fingerprint density at radius 1 is 0.698 bits per heavy atom. The van der Waals surface area contributed by atoms with Gasteiger partial charge in [-0.15, -0.1) is 0 Å². The fourth-order valence-electron chi connectivity index (χ4n) is 8.29. The molecule has 2 aliphatic rings. The molecule has 0 unspecified atom stereocenters. The van der Waals surface area contributed by atoms with Crippen molar-refractivity contribution in [1.82, 2.24) is 15.1 Å². The molecule has 2 saturated heterocycles. The summed E-state index contributed by atoms with van der Waals surface area (Å²) in [7, 11) is 0. The van der Waals surface area contributed by atoms with Crippen molar-refractivity contribution in [2.45, 2.75) is 64.3 Å². The summed E-state index contributed by atoms with van der Waals surface area (Å²) >= 11 is 0. The largest absolute Gasteiger partial charge is 0.508 e. The van der Waals surface area contributed by atoms with E-state index in [0.29, 0.717) is 31.8 Å². The van der Waals surface area contributed by atoms with Crippen LogP contribution in [0.3, 0.4) is 0 Å². The zero-order valence-corrected chi connectivity index (χ0v) is 30.9. The van der Waals surface area contributed by atoms with Gasteiger partial charge in [0.1, 0.15) is 5.75 Å². The van der Waals surface area contributed by atoms with Crippen LogP contribution in [-0.4, -0.2) is 59.4 Å². The van der Waals surface area contributed by atoms with Crippen LogP contribution in [0.4, 0.5) is 0 Å². The number of carbonyl (C=O) groups is 2. The van der Waals surface area contributed by atoms with Crippen molar-refractivity contribution < 1.29 is 14.7 Å². The lowest BCUT2D eigenvalue weighted by molar-refractivity contribution is -0.131. The number of rotatable bonds is 13. The highest BCUT2D eigenvalue weighted by Gasteiger charge is 2.26. The van der Waals surface area contributed by atoms with Gasteiger partial charge in [-0.1, -0.05) is 110 Å². The van der Waals surface area contributed by atoms with E-state index in [-0.39, 0.29) is 17.6 Å². The third-order valence-electron chi connectivity index (χ3n) is 11.5. The second-order valence-electron chi connectivity index (χ2n) is 15.2. The number of amides is 2. The Morgan fingerprint density at radius 3 is 2.19 bits per heavy atom. The molecule has 6 nitrogen and oxygen atoms in total. The van der Waals surface area contributed by atoms with Crippen molar-refractivity contribution in [3.63, 3.8) is 0 Å². The Labute approximate surface area is 314 Å². The molecule has 2 heterocycles. The van der Waals surface area contributed by atoms with E-state index < -0.39 is 0 Å². The van der Waals surface area contributed by atoms with E-state index in [4.69, 9.17) is 0 Å². The van der Waals surface area contributed by atoms with Crippen molar-refractivity contribution in [2.75, 3.05) is 32.7 Å². The zero-order valence-electron chi connectivity index (χ0n) is 30.9. The van der Waals surface area contributed by atoms with Gasteiger partial charge in [-0.25, -0.2) is 0 Å². The number of phenols is 1. The highest BCUT2D eigenvalue weighted by Crippen LogP contribution is 2.30. The fraction of sp³-hybridized carbons (Fsp3) is 0.362. The second-order valence-corrected chi connectivity index (χ2v) is 15.2. The molecular weight excluding hydrogens is 655 g/mol. The van der Waals surface area contributed by atoms with E-state index in [1.165, 1.54) is 45.2 Å². The first-order valence-corrected chi connectivity index (χ1v) is 19.7. The molecule has 2 N–H and O–H groups in total. The zero-order chi connectivity index (χ0) is 36.4. The Balaban J connectivity index is 1.03. The molecular formula is C47H53N3O3. The quantitative estimate of drug-likeness (QED) is 0.128. The van der Waals surface area contributed by atoms with Gasteiger partial charge >= 0.3 is 0 Å². The monoisotopic (exact) mass is 707 g/mol. The van der Waals surface area contributed by atoms with Crippen molar-refractivity contribution in [3.05, 3.63) is 138 Å². The molecule has 0 radical (unpaired) electrons. The smallest absolute Gasteiger partial charge is 0.254 e. The number of benzene rings is 5. The van der Waals surface area contributed by atoms with Crippen LogP contribution in [0.15, 0.2) is 115 Å². The van der Waals surface area contributed by atoms with E-state index in [9.17, 15) is 14.7 Å². The minimum atomic E-state index is 0.0646. The molecule has 0 spiro atoms. The van der Waals surface area contributed by atoms with Crippen LogP contribution in [0.5, 0.6) is 5.75 Å². The number of hydrogen-bond donors (Lipinski definition) is 2. The minimum absolute atomic E-state index is 0.0646. The maximum absolute atomic E-state index is 14.0. The van der Waals surface area contributed by atoms with Crippen LogP contribution >= 0.6 is 0 Å². The van der Waals surface area contributed by atoms with Crippen LogP contribution in [0.1, 0.15) is 72.0 Å². The van der Waals surface area contributed by atoms with Crippen molar-refractivity contribution >= 4 is 22.6 Å². The SMILES string of the molecule is O=C(Cc1ccc2ccccc2c1)N(CCc1ccc(O)cc1)Cc1cccc(-c2ccccc2C(=O)N2CCC(CCCC3CCNCC3)CC2)c1. The number of nitrogens with zero attached hydrogens (tertiary/aromatic N) is 2. The summed E-state index contributed by atoms with van der Waals surface area (Å²) in [4.78, 5) is 32.0. The van der Waals surface area contributed by atoms with Gasteiger partial charge in [0.15, 0.2) is 0 Å². The van der Waals surface area contributed by atoms with E-state index >= 15 is 0 Å². The summed E-state index contributed by atoms with van der Waals surface area (Å²) in [5.74, 6) is 2.01. The first-order chi connectivity index (χ1) is 26.0. The first-order valence-electron chi connectivity index (χ1n) is 19.7. The molecule has 5 aromatic carbocycles. The summed E-state index contributed by atoms with van der Waals surface area (Å²) in [6.07, 6.45) is 9.74. The van der Waals surface area contributed by atoms with E-state index in [0.717, 1.165) is 76.0 Å². The van der Waals surface area contributed by atoms with Gasteiger partial charge < -0.3 is 20.2 Å². The van der Waals surface area contributed by atoms with E-state index in [1.54, 1.807) is 12.1 Å². The van der Waals surface area contributed by atoms with Gasteiger partial charge in [-0.3, -0.25) is 9.59 Å². The van der Waals surface area contributed by atoms with Gasteiger partial charge in [0, 0.05) is 31.7 Å². The van der Waals surface area contributed by atoms with Gasteiger partial charge in [0.25, 0.3) is 5.91 Å². The number of aromatic hydroxyl groups is 1. The lowest BCUT2D eigenvalue weighted by Crippen LogP contribution is -2.38. The number of likely N-dealkylation sites (tertiary alicyclic amines) is 1. The van der Waals surface area contributed by atoms with Crippen LogP contribution < -0.4 is 5.32 Å². The Bertz CT molecular complexity index is 1980. The molecule has 53 heavy (non-hydrogen) atoms. The van der Waals surface area contributed by atoms with Crippen LogP contribution in [0.2, 0.25) is 0 Å². The third kappa shape index (κ3) is 9.74. The maximum Gasteiger partial charge on any atom is 0.254 e. The summed E-state index contributed by atoms with van der Waals surface area (Å²) < 4.78 is 0. The molecule has 0 aliphatic carbocycles. The van der Waals surface area contributed by atoms with Crippen LogP contribution in [0.25, 0.3) is 21.9 Å². The topological polar surface area (TPSA) is 72.9 Å². The summed E-state index contributed by atoms with van der Waals surface area (Å²) in [6, 6.07) is 38.0. The standard InChI is InChI=1S/C47H53N3O3/c51-43-19-16-37(17-20-43)25-30-50(46(52)33-38-15-18-40-10-1-2-11-41(40)31-38)34-39-9-6-12-42(32-39)44-13-3-4-14-45(44)47(53)49-28-23-36(24-29-49)8-5-7-35-21-26-48-27-22-35/h1-4,6,9-20,31-32,35-36,48,51H,5,7-8,21-30,33-34H2. The predicted molar refractivity (Wildman–Crippen MR) is 215 cm³/mol. The average Bonchev–Trinajstić information content (AvgIpc) is 3.20.